The quantitative estimate of drug-likeness (QED) is 0.786. The van der Waals surface area contributed by atoms with Crippen molar-refractivity contribution in [1.82, 2.24) is 9.97 Å². The highest BCUT2D eigenvalue weighted by Gasteiger charge is 2.07. The van der Waals surface area contributed by atoms with Gasteiger partial charge in [0.15, 0.2) is 0 Å². The van der Waals surface area contributed by atoms with Crippen LogP contribution in [0.1, 0.15) is 6.92 Å². The Labute approximate surface area is 134 Å². The number of ether oxygens (including phenoxy) is 1. The molecule has 0 unspecified atom stereocenters. The van der Waals surface area contributed by atoms with Gasteiger partial charge in [-0.05, 0) is 50.9 Å². The summed E-state index contributed by atoms with van der Waals surface area (Å²) in [5, 5.41) is 6.31. The Morgan fingerprint density at radius 1 is 1.25 bits per heavy atom. The van der Waals surface area contributed by atoms with Crippen molar-refractivity contribution in [2.75, 3.05) is 24.3 Å². The molecular formula is C13H14Br2N4O. The second kappa shape index (κ2) is 6.90. The van der Waals surface area contributed by atoms with E-state index < -0.39 is 0 Å². The summed E-state index contributed by atoms with van der Waals surface area (Å²) in [5.41, 5.74) is 0.881. The average molecular weight is 402 g/mol. The molecule has 0 aliphatic rings. The molecule has 0 radical (unpaired) electrons. The molecule has 0 saturated heterocycles. The van der Waals surface area contributed by atoms with Gasteiger partial charge in [-0.1, -0.05) is 0 Å². The molecule has 0 bridgehead atoms. The number of hydrogen-bond acceptors (Lipinski definition) is 5. The fourth-order valence-corrected chi connectivity index (χ4v) is 2.27. The maximum atomic E-state index is 5.27. The number of hydrogen-bond donors (Lipinski definition) is 2. The third kappa shape index (κ3) is 3.61. The summed E-state index contributed by atoms with van der Waals surface area (Å²) < 4.78 is 6.97. The lowest BCUT2D eigenvalue weighted by Gasteiger charge is -2.11. The van der Waals surface area contributed by atoms with E-state index in [0.717, 1.165) is 26.9 Å². The Morgan fingerprint density at radius 3 is 2.75 bits per heavy atom. The second-order valence-corrected chi connectivity index (χ2v) is 5.60. The molecule has 0 fully saturated rings. The van der Waals surface area contributed by atoms with E-state index in [2.05, 4.69) is 52.5 Å². The van der Waals surface area contributed by atoms with Gasteiger partial charge in [-0.3, -0.25) is 0 Å². The molecule has 0 spiro atoms. The van der Waals surface area contributed by atoms with Gasteiger partial charge in [-0.25, -0.2) is 4.98 Å². The average Bonchev–Trinajstić information content (AvgIpc) is 2.45. The highest BCUT2D eigenvalue weighted by molar-refractivity contribution is 9.11. The lowest BCUT2D eigenvalue weighted by Crippen LogP contribution is -2.04. The van der Waals surface area contributed by atoms with Crippen LogP contribution in [0.4, 0.5) is 17.5 Å². The molecule has 2 aromatic rings. The molecule has 0 atom stereocenters. The van der Waals surface area contributed by atoms with Crippen LogP contribution in [0.15, 0.2) is 33.3 Å². The van der Waals surface area contributed by atoms with E-state index in [4.69, 9.17) is 4.74 Å². The summed E-state index contributed by atoms with van der Waals surface area (Å²) >= 11 is 6.86. The Kier molecular flexibility index (Phi) is 5.19. The van der Waals surface area contributed by atoms with E-state index in [0.29, 0.717) is 11.8 Å². The van der Waals surface area contributed by atoms with Crippen LogP contribution >= 0.6 is 31.9 Å². The molecule has 0 aliphatic carbocycles. The van der Waals surface area contributed by atoms with Crippen LogP contribution in [0.2, 0.25) is 0 Å². The molecule has 5 nitrogen and oxygen atoms in total. The number of rotatable bonds is 5. The lowest BCUT2D eigenvalue weighted by molar-refractivity contribution is 0.412. The summed E-state index contributed by atoms with van der Waals surface area (Å²) in [6.45, 7) is 2.77. The van der Waals surface area contributed by atoms with E-state index >= 15 is 0 Å². The normalized spacial score (nSPS) is 10.2. The Morgan fingerprint density at radius 2 is 2.05 bits per heavy atom. The Bertz CT molecular complexity index is 607. The highest BCUT2D eigenvalue weighted by atomic mass is 79.9. The molecule has 20 heavy (non-hydrogen) atoms. The van der Waals surface area contributed by atoms with E-state index in [9.17, 15) is 0 Å². The minimum absolute atomic E-state index is 0.585. The summed E-state index contributed by atoms with van der Waals surface area (Å²) in [7, 11) is 1.63. The van der Waals surface area contributed by atoms with Crippen LogP contribution in [0.25, 0.3) is 0 Å². The number of halogens is 2. The van der Waals surface area contributed by atoms with Crippen molar-refractivity contribution in [2.45, 2.75) is 6.92 Å². The first kappa shape index (κ1) is 15.1. The zero-order valence-electron chi connectivity index (χ0n) is 11.1. The number of methoxy groups -OCH3 is 1. The Hall–Kier alpha value is -1.34. The predicted octanol–water partition coefficient (Wildman–Crippen LogP) is 4.19. The van der Waals surface area contributed by atoms with Crippen LogP contribution in [0.3, 0.4) is 0 Å². The predicted molar refractivity (Wildman–Crippen MR) is 87.9 cm³/mol. The van der Waals surface area contributed by atoms with Crippen molar-refractivity contribution in [1.29, 1.82) is 0 Å². The third-order valence-electron chi connectivity index (χ3n) is 2.49. The van der Waals surface area contributed by atoms with Gasteiger partial charge in [0.2, 0.25) is 5.95 Å². The van der Waals surface area contributed by atoms with E-state index in [-0.39, 0.29) is 0 Å². The van der Waals surface area contributed by atoms with Gasteiger partial charge in [0.1, 0.15) is 11.6 Å². The molecule has 1 aromatic carbocycles. The number of aromatic nitrogens is 2. The molecule has 1 aromatic heterocycles. The Balaban J connectivity index is 2.27. The van der Waals surface area contributed by atoms with Gasteiger partial charge in [0.05, 0.1) is 16.1 Å². The number of anilines is 3. The van der Waals surface area contributed by atoms with Crippen molar-refractivity contribution >= 4 is 49.3 Å². The summed E-state index contributed by atoms with van der Waals surface area (Å²) in [4.78, 5) is 8.58. The van der Waals surface area contributed by atoms with Gasteiger partial charge in [-0.2, -0.15) is 4.98 Å². The molecule has 0 saturated carbocycles. The fraction of sp³-hybridized carbons (Fsp3) is 0.231. The maximum absolute atomic E-state index is 5.27. The van der Waals surface area contributed by atoms with E-state index in [1.807, 2.05) is 25.1 Å². The van der Waals surface area contributed by atoms with Crippen molar-refractivity contribution in [3.8, 4) is 5.75 Å². The zero-order chi connectivity index (χ0) is 14.5. The van der Waals surface area contributed by atoms with E-state index in [1.165, 1.54) is 0 Å². The highest BCUT2D eigenvalue weighted by Crippen LogP contribution is 2.30. The fourth-order valence-electron chi connectivity index (χ4n) is 1.57. The second-order valence-electron chi connectivity index (χ2n) is 3.89. The van der Waals surface area contributed by atoms with Gasteiger partial charge in [0.25, 0.3) is 0 Å². The third-order valence-corrected chi connectivity index (χ3v) is 3.73. The first-order valence-electron chi connectivity index (χ1n) is 6.01. The van der Waals surface area contributed by atoms with Crippen LogP contribution in [0.5, 0.6) is 5.75 Å². The number of nitrogens with zero attached hydrogens (tertiary/aromatic N) is 2. The van der Waals surface area contributed by atoms with Crippen LogP contribution in [-0.2, 0) is 0 Å². The van der Waals surface area contributed by atoms with Crippen molar-refractivity contribution < 1.29 is 4.74 Å². The van der Waals surface area contributed by atoms with E-state index in [1.54, 1.807) is 13.3 Å². The monoisotopic (exact) mass is 400 g/mol. The SMILES string of the molecule is CCNc1ncc(Br)c(Nc2ccc(Br)c(OC)c2)n1. The lowest BCUT2D eigenvalue weighted by atomic mass is 10.3. The van der Waals surface area contributed by atoms with Gasteiger partial charge >= 0.3 is 0 Å². The molecular weight excluding hydrogens is 388 g/mol. The largest absolute Gasteiger partial charge is 0.495 e. The first-order valence-corrected chi connectivity index (χ1v) is 7.59. The van der Waals surface area contributed by atoms with Gasteiger partial charge in [0, 0.05) is 24.5 Å². The number of benzene rings is 1. The van der Waals surface area contributed by atoms with Crippen LogP contribution in [0, 0.1) is 0 Å². The standard InChI is InChI=1S/C13H14Br2N4O/c1-3-16-13-17-7-10(15)12(19-13)18-8-4-5-9(14)11(6-8)20-2/h4-7H,3H2,1-2H3,(H2,16,17,18,19). The van der Waals surface area contributed by atoms with Gasteiger partial charge in [-0.15, -0.1) is 0 Å². The molecule has 2 rings (SSSR count). The molecule has 0 amide bonds. The minimum Gasteiger partial charge on any atom is -0.495 e. The van der Waals surface area contributed by atoms with Crippen molar-refractivity contribution in [2.24, 2.45) is 0 Å². The minimum atomic E-state index is 0.585. The van der Waals surface area contributed by atoms with Crippen molar-refractivity contribution in [3.05, 3.63) is 33.3 Å². The molecule has 0 aliphatic heterocycles. The van der Waals surface area contributed by atoms with Crippen LogP contribution < -0.4 is 15.4 Å². The molecule has 1 heterocycles. The summed E-state index contributed by atoms with van der Waals surface area (Å²) in [5.74, 6) is 2.04. The van der Waals surface area contributed by atoms with Crippen molar-refractivity contribution in [3.63, 3.8) is 0 Å². The van der Waals surface area contributed by atoms with Gasteiger partial charge < -0.3 is 15.4 Å². The molecule has 7 heteroatoms. The number of nitrogens with one attached hydrogen (secondary N) is 2. The molecule has 2 N–H and O–H groups in total. The zero-order valence-corrected chi connectivity index (χ0v) is 14.2. The topological polar surface area (TPSA) is 59.1 Å². The first-order chi connectivity index (χ1) is 9.63. The summed E-state index contributed by atoms with van der Waals surface area (Å²) in [6.07, 6.45) is 1.71. The smallest absolute Gasteiger partial charge is 0.224 e. The maximum Gasteiger partial charge on any atom is 0.224 e. The van der Waals surface area contributed by atoms with Crippen LogP contribution in [-0.4, -0.2) is 23.6 Å². The molecule has 106 valence electrons. The summed E-state index contributed by atoms with van der Waals surface area (Å²) in [6, 6.07) is 5.75.